The molecule has 8 atom stereocenters. The van der Waals surface area contributed by atoms with Crippen molar-refractivity contribution in [2.75, 3.05) is 13.2 Å². The van der Waals surface area contributed by atoms with Gasteiger partial charge in [-0.15, -0.1) is 0 Å². The van der Waals surface area contributed by atoms with E-state index in [9.17, 15) is 46.9 Å². The second-order valence-electron chi connectivity index (χ2n) is 13.1. The van der Waals surface area contributed by atoms with Crippen molar-refractivity contribution >= 4 is 28.3 Å². The number of hydrogen-bond acceptors (Lipinski definition) is 11. The number of alkyl halides is 2. The minimum absolute atomic E-state index is 0.0873. The molecule has 0 amide bonds. The number of aliphatic hydroxyl groups excluding tert-OH is 1. The number of rotatable bonds is 11. The van der Waals surface area contributed by atoms with Crippen LogP contribution >= 0.6 is 0 Å². The predicted octanol–water partition coefficient (Wildman–Crippen LogP) is 1.94. The molecular formula is C27H40F2O12S. The molecule has 8 unspecified atom stereocenters. The van der Waals surface area contributed by atoms with Crippen molar-refractivity contribution in [3.05, 3.63) is 0 Å². The summed E-state index contributed by atoms with van der Waals surface area (Å²) in [5.74, 6) is -1.58. The zero-order chi connectivity index (χ0) is 31.1. The van der Waals surface area contributed by atoms with E-state index in [1.165, 1.54) is 0 Å². The lowest BCUT2D eigenvalue weighted by atomic mass is 9.58. The van der Waals surface area contributed by atoms with Crippen molar-refractivity contribution in [2.45, 2.75) is 101 Å². The Bertz CT molecular complexity index is 1120. The lowest BCUT2D eigenvalue weighted by Crippen LogP contribution is -2.56. The summed E-state index contributed by atoms with van der Waals surface area (Å²) in [6, 6.07) is 0. The molecule has 4 bridgehead atoms. The van der Waals surface area contributed by atoms with E-state index in [1.807, 2.05) is 6.92 Å². The Kier molecular flexibility index (Phi) is 9.43. The normalized spacial score (nSPS) is 36.0. The summed E-state index contributed by atoms with van der Waals surface area (Å²) in [6.45, 7) is -0.148. The van der Waals surface area contributed by atoms with Gasteiger partial charge in [-0.3, -0.25) is 14.1 Å². The average Bonchev–Trinajstić information content (AvgIpc) is 2.87. The topological polar surface area (TPSA) is 194 Å². The summed E-state index contributed by atoms with van der Waals surface area (Å²) in [5.41, 5.74) is -2.10. The Labute approximate surface area is 242 Å². The molecule has 4 N–H and O–H groups in total. The van der Waals surface area contributed by atoms with Crippen molar-refractivity contribution in [3.8, 4) is 0 Å². The first-order valence-electron chi connectivity index (χ1n) is 14.4. The van der Waals surface area contributed by atoms with Crippen molar-refractivity contribution < 1.29 is 65.7 Å². The van der Waals surface area contributed by atoms with Gasteiger partial charge in [-0.05, 0) is 75.5 Å². The molecule has 0 aromatic carbocycles. The molecule has 15 heteroatoms. The van der Waals surface area contributed by atoms with Crippen LogP contribution in [0.2, 0.25) is 0 Å². The highest BCUT2D eigenvalue weighted by Crippen LogP contribution is 2.53. The van der Waals surface area contributed by atoms with E-state index in [2.05, 4.69) is 4.74 Å². The monoisotopic (exact) mass is 626 g/mol. The molecule has 4 aliphatic rings. The second-order valence-corrected chi connectivity index (χ2v) is 14.6. The largest absolute Gasteiger partial charge is 0.461 e. The number of hydrogen-bond donors (Lipinski definition) is 4. The summed E-state index contributed by atoms with van der Waals surface area (Å²) >= 11 is 0. The van der Waals surface area contributed by atoms with E-state index >= 15 is 0 Å². The lowest BCUT2D eigenvalue weighted by Gasteiger charge is -2.47. The van der Waals surface area contributed by atoms with Crippen molar-refractivity contribution in [1.82, 2.24) is 0 Å². The van der Waals surface area contributed by atoms with Crippen LogP contribution in [-0.4, -0.2) is 83.2 Å². The third-order valence-corrected chi connectivity index (χ3v) is 10.5. The van der Waals surface area contributed by atoms with Gasteiger partial charge in [0.05, 0.1) is 23.5 Å². The smallest absolute Gasteiger partial charge is 0.428 e. The number of carbonyl (C=O) groups excluding carboxylic acids is 3. The molecule has 240 valence electrons. The number of ether oxygens (including phenoxy) is 3. The molecule has 4 aliphatic carbocycles. The third-order valence-electron chi connectivity index (χ3n) is 9.54. The number of aliphatic hydroxyl groups is 3. The van der Waals surface area contributed by atoms with E-state index in [0.29, 0.717) is 44.9 Å². The van der Waals surface area contributed by atoms with E-state index < -0.39 is 75.5 Å². The molecule has 0 saturated heterocycles. The van der Waals surface area contributed by atoms with Crippen LogP contribution in [0.5, 0.6) is 0 Å². The van der Waals surface area contributed by atoms with Gasteiger partial charge in [0.2, 0.25) is 0 Å². The summed E-state index contributed by atoms with van der Waals surface area (Å²) in [6.07, 6.45) is -1.45. The van der Waals surface area contributed by atoms with Gasteiger partial charge in [-0.25, -0.2) is 0 Å². The molecule has 4 saturated carbocycles. The molecule has 0 aliphatic heterocycles. The molecule has 4 fully saturated rings. The molecule has 0 spiro atoms. The molecular weight excluding hydrogens is 586 g/mol. The van der Waals surface area contributed by atoms with Crippen LogP contribution in [0.4, 0.5) is 8.78 Å². The Hall–Kier alpha value is -1.78. The Morgan fingerprint density at radius 1 is 1.00 bits per heavy atom. The first-order chi connectivity index (χ1) is 19.4. The fraction of sp³-hybridized carbons (Fsp3) is 0.889. The van der Waals surface area contributed by atoms with Crippen molar-refractivity contribution in [1.29, 1.82) is 0 Å². The van der Waals surface area contributed by atoms with Gasteiger partial charge in [0.15, 0.2) is 6.10 Å². The third kappa shape index (κ3) is 6.65. The molecule has 0 heterocycles. The van der Waals surface area contributed by atoms with Crippen LogP contribution in [0.15, 0.2) is 0 Å². The summed E-state index contributed by atoms with van der Waals surface area (Å²) in [4.78, 5) is 38.4. The predicted molar refractivity (Wildman–Crippen MR) is 138 cm³/mol. The van der Waals surface area contributed by atoms with Crippen LogP contribution in [0, 0.1) is 34.5 Å². The van der Waals surface area contributed by atoms with Gasteiger partial charge in [-0.2, -0.15) is 17.2 Å². The molecule has 0 aromatic heterocycles. The fourth-order valence-electron chi connectivity index (χ4n) is 7.97. The van der Waals surface area contributed by atoms with Crippen LogP contribution in [0.25, 0.3) is 0 Å². The highest BCUT2D eigenvalue weighted by atomic mass is 32.2. The Morgan fingerprint density at radius 2 is 1.69 bits per heavy atom. The highest BCUT2D eigenvalue weighted by Gasteiger charge is 2.64. The van der Waals surface area contributed by atoms with E-state index in [4.69, 9.17) is 14.0 Å². The van der Waals surface area contributed by atoms with Gasteiger partial charge >= 0.3 is 33.3 Å². The van der Waals surface area contributed by atoms with Crippen molar-refractivity contribution in [3.63, 3.8) is 0 Å². The minimum atomic E-state index is -6.14. The summed E-state index contributed by atoms with van der Waals surface area (Å²) < 4.78 is 75.1. The van der Waals surface area contributed by atoms with Crippen molar-refractivity contribution in [2.24, 2.45) is 34.5 Å². The van der Waals surface area contributed by atoms with Gasteiger partial charge in [0, 0.05) is 5.92 Å². The first kappa shape index (κ1) is 33.1. The number of halogens is 2. The zero-order valence-electron chi connectivity index (χ0n) is 23.5. The number of aldehydes is 1. The zero-order valence-corrected chi connectivity index (χ0v) is 24.3. The molecule has 12 nitrogen and oxygen atoms in total. The molecule has 0 aromatic rings. The SMILES string of the molecule is CC1CC2CC(O)CC(C(=O)OCC(COC(F)(F)C(O)(O)S(=O)(=O)O)OC(=O)C34CCCC(CC(C=O)C3)C4)(C1)C2. The summed E-state index contributed by atoms with van der Waals surface area (Å²) in [5, 5.41) is 24.1. The maximum Gasteiger partial charge on any atom is 0.428 e. The van der Waals surface area contributed by atoms with Gasteiger partial charge in [0.1, 0.15) is 12.9 Å². The standard InChI is InChI=1S/C27H40F2O12S/c1-16-5-18-7-20(31)12-25(8-16,10-18)22(32)39-14-21(15-40-26(28,29)27(34,35)42(36,37)38)41-23(33)24-4-2-3-17(9-24)6-19(11-24)13-30/h13,16-21,31,34-35H,2-12,14-15H2,1H3,(H,36,37,38). The minimum Gasteiger partial charge on any atom is -0.461 e. The van der Waals surface area contributed by atoms with Crippen LogP contribution in [-0.2, 0) is 38.7 Å². The maximum atomic E-state index is 14.4. The number of fused-ring (bicyclic) bond motifs is 4. The molecule has 42 heavy (non-hydrogen) atoms. The number of carbonyl (C=O) groups is 3. The van der Waals surface area contributed by atoms with E-state index in [-0.39, 0.29) is 30.6 Å². The molecule has 4 rings (SSSR count). The second kappa shape index (κ2) is 12.0. The van der Waals surface area contributed by atoms with E-state index in [0.717, 1.165) is 19.1 Å². The van der Waals surface area contributed by atoms with Gasteiger partial charge < -0.3 is 34.3 Å². The fourth-order valence-corrected chi connectivity index (χ4v) is 8.33. The van der Waals surface area contributed by atoms with Crippen LogP contribution in [0.3, 0.4) is 0 Å². The highest BCUT2D eigenvalue weighted by molar-refractivity contribution is 7.86. The maximum absolute atomic E-state index is 14.4. The van der Waals surface area contributed by atoms with Gasteiger partial charge in [-0.1, -0.05) is 19.8 Å². The first-order valence-corrected chi connectivity index (χ1v) is 15.8. The lowest BCUT2D eigenvalue weighted by molar-refractivity contribution is -0.366. The quantitative estimate of drug-likeness (QED) is 0.113. The average molecular weight is 627 g/mol. The van der Waals surface area contributed by atoms with Crippen LogP contribution in [0.1, 0.15) is 77.6 Å². The van der Waals surface area contributed by atoms with E-state index in [1.54, 1.807) is 0 Å². The Morgan fingerprint density at radius 3 is 2.36 bits per heavy atom. The van der Waals surface area contributed by atoms with Crippen LogP contribution < -0.4 is 0 Å². The Balaban J connectivity index is 1.52. The summed E-state index contributed by atoms with van der Waals surface area (Å²) in [7, 11) is -6.14. The molecule has 0 radical (unpaired) electrons. The number of esters is 2. The van der Waals surface area contributed by atoms with Gasteiger partial charge in [0.25, 0.3) is 0 Å².